The van der Waals surface area contributed by atoms with Gasteiger partial charge in [0.25, 0.3) is 5.82 Å². The summed E-state index contributed by atoms with van der Waals surface area (Å²) < 4.78 is 2.60. The molecule has 0 bridgehead atoms. The largest absolute Gasteiger partial charge is 0.258 e. The number of nitrogens with one attached hydrogen (secondary N) is 1. The molecule has 1 N–H and O–H groups in total. The van der Waals surface area contributed by atoms with Crippen LogP contribution in [0.1, 0.15) is 256 Å². The van der Waals surface area contributed by atoms with E-state index in [1.807, 2.05) is 0 Å². The van der Waals surface area contributed by atoms with Crippen LogP contribution >= 0.6 is 0 Å². The molecule has 0 aliphatic heterocycles. The van der Waals surface area contributed by atoms with Gasteiger partial charge >= 0.3 is 0 Å². The van der Waals surface area contributed by atoms with Crippen molar-refractivity contribution in [2.24, 2.45) is 0 Å². The first kappa shape index (κ1) is 49.0. The molecule has 2 heteroatoms. The van der Waals surface area contributed by atoms with Crippen molar-refractivity contribution in [3.8, 4) is 0 Å². The molecule has 0 amide bonds. The maximum atomic E-state index is 3.84. The molecule has 1 aromatic heterocycles. The summed E-state index contributed by atoms with van der Waals surface area (Å²) in [5.74, 6) is 1.88. The molecule has 0 saturated heterocycles. The number of rotatable bonds is 39. The third-order valence-corrected chi connectivity index (χ3v) is 13.3. The van der Waals surface area contributed by atoms with Crippen LogP contribution in [0.25, 0.3) is 0 Å². The number of benzene rings is 2. The lowest BCUT2D eigenvalue weighted by Crippen LogP contribution is -2.43. The lowest BCUT2D eigenvalue weighted by atomic mass is 9.66. The highest BCUT2D eigenvalue weighted by atomic mass is 15.1. The minimum atomic E-state index is -0.000533. The SMILES string of the molecule is CCCCCCCCCCCCCCCCCCC[n+]1cc[nH]c1C(CCCCCCCCCCCCCCCCC)C(C)(Cc1ccccc1)c1ccccc1. The van der Waals surface area contributed by atoms with E-state index in [0.29, 0.717) is 5.92 Å². The Bertz CT molecular complexity index is 1280. The lowest BCUT2D eigenvalue weighted by Gasteiger charge is -2.37. The Balaban J connectivity index is 1.44. The van der Waals surface area contributed by atoms with Gasteiger partial charge in [0.1, 0.15) is 12.4 Å². The molecule has 1 heterocycles. The van der Waals surface area contributed by atoms with Crippen molar-refractivity contribution in [2.45, 2.75) is 257 Å². The highest BCUT2D eigenvalue weighted by Crippen LogP contribution is 2.43. The highest BCUT2D eigenvalue weighted by molar-refractivity contribution is 5.32. The minimum Gasteiger partial charge on any atom is -0.247 e. The number of nitrogens with zero attached hydrogens (tertiary/aromatic N) is 1. The molecule has 0 aliphatic rings. The van der Waals surface area contributed by atoms with E-state index in [-0.39, 0.29) is 5.41 Å². The Morgan fingerprint density at radius 1 is 0.456 bits per heavy atom. The smallest absolute Gasteiger partial charge is 0.247 e. The van der Waals surface area contributed by atoms with Gasteiger partial charge in [-0.15, -0.1) is 0 Å². The van der Waals surface area contributed by atoms with Gasteiger partial charge in [0, 0.05) is 5.41 Å². The number of hydrogen-bond donors (Lipinski definition) is 1. The third kappa shape index (κ3) is 22.0. The molecular formula is C55H93N2+. The van der Waals surface area contributed by atoms with Crippen LogP contribution in [0.3, 0.4) is 0 Å². The van der Waals surface area contributed by atoms with Crippen LogP contribution in [0.15, 0.2) is 73.1 Å². The number of hydrogen-bond acceptors (Lipinski definition) is 0. The van der Waals surface area contributed by atoms with Crippen molar-refractivity contribution in [3.05, 3.63) is 90.0 Å². The maximum absolute atomic E-state index is 3.84. The molecular weight excluding hydrogens is 689 g/mol. The van der Waals surface area contributed by atoms with Gasteiger partial charge in [-0.3, -0.25) is 0 Å². The number of aromatic amines is 1. The first-order valence-corrected chi connectivity index (χ1v) is 25.3. The van der Waals surface area contributed by atoms with E-state index in [4.69, 9.17) is 0 Å². The predicted molar refractivity (Wildman–Crippen MR) is 251 cm³/mol. The van der Waals surface area contributed by atoms with Gasteiger partial charge in [0.2, 0.25) is 0 Å². The first-order valence-electron chi connectivity index (χ1n) is 25.3. The normalized spacial score (nSPS) is 13.2. The molecule has 2 unspecified atom stereocenters. The van der Waals surface area contributed by atoms with Gasteiger partial charge in [-0.2, -0.15) is 0 Å². The van der Waals surface area contributed by atoms with Crippen molar-refractivity contribution in [1.82, 2.24) is 4.98 Å². The Kier molecular flexibility index (Phi) is 28.8. The Labute approximate surface area is 355 Å². The zero-order valence-electron chi connectivity index (χ0n) is 38.2. The van der Waals surface area contributed by atoms with E-state index in [1.54, 1.807) is 0 Å². The van der Waals surface area contributed by atoms with E-state index in [1.165, 1.54) is 229 Å². The summed E-state index contributed by atoms with van der Waals surface area (Å²) in [5.41, 5.74) is 2.91. The van der Waals surface area contributed by atoms with Crippen molar-refractivity contribution in [2.75, 3.05) is 0 Å². The molecule has 0 spiro atoms. The number of aryl methyl sites for hydroxylation is 1. The third-order valence-electron chi connectivity index (χ3n) is 13.3. The van der Waals surface area contributed by atoms with Crippen molar-refractivity contribution >= 4 is 0 Å². The van der Waals surface area contributed by atoms with E-state index in [9.17, 15) is 0 Å². The average molecular weight is 782 g/mol. The zero-order valence-corrected chi connectivity index (χ0v) is 38.2. The number of unbranched alkanes of at least 4 members (excludes halogenated alkanes) is 30. The molecule has 2 nitrogen and oxygen atoms in total. The second kappa shape index (κ2) is 33.5. The molecule has 3 aromatic rings. The van der Waals surface area contributed by atoms with Gasteiger partial charge in [0.15, 0.2) is 0 Å². The van der Waals surface area contributed by atoms with Gasteiger partial charge < -0.3 is 0 Å². The van der Waals surface area contributed by atoms with E-state index < -0.39 is 0 Å². The van der Waals surface area contributed by atoms with Crippen LogP contribution in [0.5, 0.6) is 0 Å². The first-order chi connectivity index (χ1) is 28.2. The summed E-state index contributed by atoms with van der Waals surface area (Å²) in [6.45, 7) is 8.31. The summed E-state index contributed by atoms with van der Waals surface area (Å²) in [6, 6.07) is 22.8. The van der Waals surface area contributed by atoms with E-state index in [0.717, 1.165) is 13.0 Å². The highest BCUT2D eigenvalue weighted by Gasteiger charge is 2.42. The predicted octanol–water partition coefficient (Wildman–Crippen LogP) is 17.5. The van der Waals surface area contributed by atoms with Crippen molar-refractivity contribution in [1.29, 1.82) is 0 Å². The summed E-state index contributed by atoms with van der Waals surface area (Å²) in [6.07, 6.45) is 52.3. The number of aromatic nitrogens is 2. The lowest BCUT2D eigenvalue weighted by molar-refractivity contribution is -0.705. The Morgan fingerprint density at radius 2 is 0.825 bits per heavy atom. The maximum Gasteiger partial charge on any atom is 0.258 e. The summed E-state index contributed by atoms with van der Waals surface area (Å²) in [5, 5.41) is 0. The molecule has 57 heavy (non-hydrogen) atoms. The Hall–Kier alpha value is -2.35. The van der Waals surface area contributed by atoms with Gasteiger partial charge in [-0.1, -0.05) is 274 Å². The minimum absolute atomic E-state index is 0.000533. The summed E-state index contributed by atoms with van der Waals surface area (Å²) in [4.78, 5) is 3.84. The monoisotopic (exact) mass is 782 g/mol. The molecule has 2 atom stereocenters. The summed E-state index contributed by atoms with van der Waals surface area (Å²) in [7, 11) is 0. The second-order valence-electron chi connectivity index (χ2n) is 18.4. The topological polar surface area (TPSA) is 19.7 Å². The number of imidazole rings is 1. The van der Waals surface area contributed by atoms with Crippen LogP contribution in [-0.2, 0) is 18.4 Å². The van der Waals surface area contributed by atoms with Crippen LogP contribution in [0.2, 0.25) is 0 Å². The van der Waals surface area contributed by atoms with Gasteiger partial charge in [-0.25, -0.2) is 9.55 Å². The molecule has 0 fully saturated rings. The fraction of sp³-hybridized carbons (Fsp3) is 0.727. The van der Waals surface area contributed by atoms with Gasteiger partial charge in [-0.05, 0) is 36.8 Å². The van der Waals surface area contributed by atoms with Crippen molar-refractivity contribution in [3.63, 3.8) is 0 Å². The molecule has 0 aliphatic carbocycles. The van der Waals surface area contributed by atoms with Crippen LogP contribution in [-0.4, -0.2) is 4.98 Å². The molecule has 0 saturated carbocycles. The fourth-order valence-corrected chi connectivity index (χ4v) is 9.62. The van der Waals surface area contributed by atoms with E-state index in [2.05, 4.69) is 103 Å². The van der Waals surface area contributed by atoms with Gasteiger partial charge in [0.05, 0.1) is 12.5 Å². The van der Waals surface area contributed by atoms with Crippen molar-refractivity contribution < 1.29 is 4.57 Å². The quantitative estimate of drug-likeness (QED) is 0.0439. The van der Waals surface area contributed by atoms with Crippen LogP contribution in [0.4, 0.5) is 0 Å². The second-order valence-corrected chi connectivity index (χ2v) is 18.4. The van der Waals surface area contributed by atoms with E-state index >= 15 is 0 Å². The summed E-state index contributed by atoms with van der Waals surface area (Å²) >= 11 is 0. The fourth-order valence-electron chi connectivity index (χ4n) is 9.62. The number of H-pyrrole nitrogens is 1. The van der Waals surface area contributed by atoms with Crippen LogP contribution in [0, 0.1) is 0 Å². The average Bonchev–Trinajstić information content (AvgIpc) is 3.70. The van der Waals surface area contributed by atoms with Crippen LogP contribution < -0.4 is 4.57 Å². The molecule has 0 radical (unpaired) electrons. The molecule has 3 rings (SSSR count). The zero-order chi connectivity index (χ0) is 40.3. The Morgan fingerprint density at radius 3 is 1.25 bits per heavy atom. The standard InChI is InChI=1S/C55H92N2/c1-4-6-8-10-12-14-16-18-20-21-23-25-27-29-31-33-41-48-57-49-47-56-54(57)53(46-40-32-30-28-26-24-22-19-17-15-13-11-9-7-5-2)55(3,52-44-38-35-39-45-52)50-51-42-36-34-37-43-51/h34-39,42-45,47,49,53H,4-33,40-41,46,48,50H2,1-3H3/p+1. The molecule has 322 valence electrons. The molecule has 2 aromatic carbocycles.